The Labute approximate surface area is 191 Å². The van der Waals surface area contributed by atoms with E-state index in [0.717, 1.165) is 22.8 Å². The summed E-state index contributed by atoms with van der Waals surface area (Å²) < 4.78 is 32.7. The first-order valence-corrected chi connectivity index (χ1v) is 11.8. The minimum atomic E-state index is -3.73. The number of hydrogen-bond acceptors (Lipinski definition) is 6. The van der Waals surface area contributed by atoms with Crippen molar-refractivity contribution in [2.45, 2.75) is 4.90 Å². The SMILES string of the molecule is COc1ccc(-c2cc(N3CCN(S(=O)(=O)c4cccc(Cl)c4Cl)CC3)ncn2)cc1. The predicted octanol–water partition coefficient (Wildman–Crippen LogP) is 3.97. The molecule has 0 aliphatic carbocycles. The van der Waals surface area contributed by atoms with Crippen LogP contribution in [0.3, 0.4) is 0 Å². The summed E-state index contributed by atoms with van der Waals surface area (Å²) in [7, 11) is -2.11. The summed E-state index contributed by atoms with van der Waals surface area (Å²) in [6.07, 6.45) is 1.52. The second kappa shape index (κ2) is 9.00. The molecular weight excluding hydrogens is 459 g/mol. The van der Waals surface area contributed by atoms with Gasteiger partial charge in [0.1, 0.15) is 22.8 Å². The van der Waals surface area contributed by atoms with Gasteiger partial charge < -0.3 is 9.64 Å². The number of rotatable bonds is 5. The molecule has 1 saturated heterocycles. The zero-order chi connectivity index (χ0) is 22.0. The van der Waals surface area contributed by atoms with Crippen LogP contribution in [0.15, 0.2) is 59.8 Å². The van der Waals surface area contributed by atoms with Crippen LogP contribution in [0, 0.1) is 0 Å². The summed E-state index contributed by atoms with van der Waals surface area (Å²) in [4.78, 5) is 10.8. The number of halogens is 2. The summed E-state index contributed by atoms with van der Waals surface area (Å²) in [6, 6.07) is 14.1. The second-order valence-electron chi connectivity index (χ2n) is 6.93. The number of methoxy groups -OCH3 is 1. The topological polar surface area (TPSA) is 75.6 Å². The van der Waals surface area contributed by atoms with Crippen molar-refractivity contribution in [3.05, 3.63) is 64.9 Å². The lowest BCUT2D eigenvalue weighted by atomic mass is 10.1. The van der Waals surface area contributed by atoms with Gasteiger partial charge in [-0.2, -0.15) is 4.31 Å². The fraction of sp³-hybridized carbons (Fsp3) is 0.238. The molecule has 0 bridgehead atoms. The normalized spacial score (nSPS) is 15.1. The minimum absolute atomic E-state index is 0.0268. The van der Waals surface area contributed by atoms with Gasteiger partial charge in [-0.25, -0.2) is 18.4 Å². The highest BCUT2D eigenvalue weighted by Gasteiger charge is 2.31. The molecule has 0 unspecified atom stereocenters. The van der Waals surface area contributed by atoms with Crippen LogP contribution >= 0.6 is 23.2 Å². The molecule has 1 aromatic heterocycles. The lowest BCUT2D eigenvalue weighted by Crippen LogP contribution is -2.49. The molecule has 2 heterocycles. The molecule has 3 aromatic rings. The Bertz CT molecular complexity index is 1180. The summed E-state index contributed by atoms with van der Waals surface area (Å²) >= 11 is 12.1. The van der Waals surface area contributed by atoms with E-state index in [1.807, 2.05) is 35.2 Å². The highest BCUT2D eigenvalue weighted by molar-refractivity contribution is 7.89. The lowest BCUT2D eigenvalue weighted by molar-refractivity contribution is 0.384. The molecule has 0 atom stereocenters. The molecule has 1 fully saturated rings. The fourth-order valence-electron chi connectivity index (χ4n) is 3.42. The number of benzene rings is 2. The van der Waals surface area contributed by atoms with E-state index in [-0.39, 0.29) is 14.9 Å². The van der Waals surface area contributed by atoms with Crippen molar-refractivity contribution in [2.24, 2.45) is 0 Å². The van der Waals surface area contributed by atoms with Gasteiger partial charge in [0, 0.05) is 37.8 Å². The molecule has 1 aliphatic heterocycles. The number of piperazine rings is 1. The minimum Gasteiger partial charge on any atom is -0.497 e. The molecule has 1 aliphatic rings. The maximum Gasteiger partial charge on any atom is 0.244 e. The Morgan fingerprint density at radius 3 is 2.35 bits per heavy atom. The van der Waals surface area contributed by atoms with E-state index in [9.17, 15) is 8.42 Å². The third-order valence-electron chi connectivity index (χ3n) is 5.14. The van der Waals surface area contributed by atoms with E-state index in [2.05, 4.69) is 9.97 Å². The number of anilines is 1. The highest BCUT2D eigenvalue weighted by atomic mass is 35.5. The smallest absolute Gasteiger partial charge is 0.244 e. The van der Waals surface area contributed by atoms with Crippen molar-refractivity contribution in [3.8, 4) is 17.0 Å². The van der Waals surface area contributed by atoms with E-state index in [1.165, 1.54) is 16.7 Å². The van der Waals surface area contributed by atoms with Gasteiger partial charge in [-0.1, -0.05) is 29.3 Å². The summed E-state index contributed by atoms with van der Waals surface area (Å²) in [5.41, 5.74) is 1.73. The lowest BCUT2D eigenvalue weighted by Gasteiger charge is -2.34. The van der Waals surface area contributed by atoms with Crippen LogP contribution in [0.5, 0.6) is 5.75 Å². The molecule has 7 nitrogen and oxygen atoms in total. The standard InChI is InChI=1S/C21H20Cl2N4O3S/c1-30-16-7-5-15(6-8-16)18-13-20(25-14-24-18)26-9-11-27(12-10-26)31(28,29)19-4-2-3-17(22)21(19)23/h2-8,13-14H,9-12H2,1H3. The maximum atomic E-state index is 13.0. The summed E-state index contributed by atoms with van der Waals surface area (Å²) in [5, 5.41) is 0.264. The average Bonchev–Trinajstić information content (AvgIpc) is 2.81. The molecule has 31 heavy (non-hydrogen) atoms. The van der Waals surface area contributed by atoms with Gasteiger partial charge in [-0.15, -0.1) is 0 Å². The number of nitrogens with zero attached hydrogens (tertiary/aromatic N) is 4. The molecule has 0 saturated carbocycles. The first-order chi connectivity index (χ1) is 14.9. The highest BCUT2D eigenvalue weighted by Crippen LogP contribution is 2.31. The van der Waals surface area contributed by atoms with E-state index < -0.39 is 10.0 Å². The van der Waals surface area contributed by atoms with Crippen LogP contribution in [-0.2, 0) is 10.0 Å². The van der Waals surface area contributed by atoms with E-state index in [1.54, 1.807) is 19.2 Å². The third kappa shape index (κ3) is 4.48. The van der Waals surface area contributed by atoms with Crippen molar-refractivity contribution in [2.75, 3.05) is 38.2 Å². The van der Waals surface area contributed by atoms with Crippen LogP contribution in [-0.4, -0.2) is 56.0 Å². The fourth-order valence-corrected chi connectivity index (χ4v) is 5.58. The summed E-state index contributed by atoms with van der Waals surface area (Å²) in [6.45, 7) is 1.62. The maximum absolute atomic E-state index is 13.0. The monoisotopic (exact) mass is 478 g/mol. The molecule has 162 valence electrons. The van der Waals surface area contributed by atoms with Crippen molar-refractivity contribution in [3.63, 3.8) is 0 Å². The van der Waals surface area contributed by atoms with E-state index in [0.29, 0.717) is 26.2 Å². The summed E-state index contributed by atoms with van der Waals surface area (Å²) in [5.74, 6) is 1.52. The third-order valence-corrected chi connectivity index (χ3v) is 8.01. The van der Waals surface area contributed by atoms with Crippen LogP contribution in [0.2, 0.25) is 10.0 Å². The van der Waals surface area contributed by atoms with Crippen LogP contribution in [0.25, 0.3) is 11.3 Å². The number of sulfonamides is 1. The van der Waals surface area contributed by atoms with Gasteiger partial charge in [0.2, 0.25) is 10.0 Å². The van der Waals surface area contributed by atoms with Crippen LogP contribution < -0.4 is 9.64 Å². The van der Waals surface area contributed by atoms with Gasteiger partial charge in [0.15, 0.2) is 0 Å². The van der Waals surface area contributed by atoms with Gasteiger partial charge >= 0.3 is 0 Å². The first kappa shape index (κ1) is 21.8. The Morgan fingerprint density at radius 1 is 0.968 bits per heavy atom. The quantitative estimate of drug-likeness (QED) is 0.552. The van der Waals surface area contributed by atoms with Gasteiger partial charge in [-0.3, -0.25) is 0 Å². The number of hydrogen-bond donors (Lipinski definition) is 0. The van der Waals surface area contributed by atoms with Crippen molar-refractivity contribution in [1.82, 2.24) is 14.3 Å². The zero-order valence-corrected chi connectivity index (χ0v) is 19.0. The van der Waals surface area contributed by atoms with Gasteiger partial charge in [0.05, 0.1) is 22.8 Å². The molecule has 4 rings (SSSR count). The molecular formula is C21H20Cl2N4O3S. The first-order valence-electron chi connectivity index (χ1n) is 9.56. The zero-order valence-electron chi connectivity index (χ0n) is 16.7. The Balaban J connectivity index is 1.49. The second-order valence-corrected chi connectivity index (χ2v) is 9.62. The number of aromatic nitrogens is 2. The molecule has 0 spiro atoms. The molecule has 0 radical (unpaired) electrons. The molecule has 0 N–H and O–H groups in total. The van der Waals surface area contributed by atoms with Crippen LogP contribution in [0.1, 0.15) is 0 Å². The largest absolute Gasteiger partial charge is 0.497 e. The molecule has 10 heteroatoms. The van der Waals surface area contributed by atoms with E-state index in [4.69, 9.17) is 27.9 Å². The predicted molar refractivity (Wildman–Crippen MR) is 121 cm³/mol. The number of ether oxygens (including phenoxy) is 1. The molecule has 2 aromatic carbocycles. The van der Waals surface area contributed by atoms with Gasteiger partial charge in [-0.05, 0) is 36.4 Å². The van der Waals surface area contributed by atoms with Crippen molar-refractivity contribution in [1.29, 1.82) is 0 Å². The molecule has 0 amide bonds. The van der Waals surface area contributed by atoms with E-state index >= 15 is 0 Å². The van der Waals surface area contributed by atoms with Gasteiger partial charge in [0.25, 0.3) is 0 Å². The van der Waals surface area contributed by atoms with Crippen molar-refractivity contribution < 1.29 is 13.2 Å². The Hall–Kier alpha value is -2.39. The average molecular weight is 479 g/mol. The Morgan fingerprint density at radius 2 is 1.68 bits per heavy atom. The Kier molecular flexibility index (Phi) is 6.34. The van der Waals surface area contributed by atoms with Crippen molar-refractivity contribution >= 4 is 39.0 Å². The van der Waals surface area contributed by atoms with Crippen LogP contribution in [0.4, 0.5) is 5.82 Å².